The lowest BCUT2D eigenvalue weighted by molar-refractivity contribution is 0.307. The molecular weight excluding hydrogens is 413 g/mol. The first-order valence-corrected chi connectivity index (χ1v) is 8.91. The molecule has 0 radical (unpaired) electrons. The van der Waals surface area contributed by atoms with Gasteiger partial charge < -0.3 is 9.84 Å². The molecule has 0 aliphatic rings. The van der Waals surface area contributed by atoms with Crippen LogP contribution in [0.1, 0.15) is 11.3 Å². The summed E-state index contributed by atoms with van der Waals surface area (Å²) >= 11 is 18.5. The maximum atomic E-state index is 12.6. The largest absolute Gasteiger partial charge is 0.505 e. The summed E-state index contributed by atoms with van der Waals surface area (Å²) < 4.78 is 6.97. The summed E-state index contributed by atoms with van der Waals surface area (Å²) in [6.45, 7) is 1.69. The average molecular weight is 427 g/mol. The molecule has 0 aliphatic heterocycles. The van der Waals surface area contributed by atoms with Gasteiger partial charge in [-0.3, -0.25) is 4.79 Å². The summed E-state index contributed by atoms with van der Waals surface area (Å²) in [7, 11) is 1.48. The Labute approximate surface area is 169 Å². The van der Waals surface area contributed by atoms with Gasteiger partial charge in [-0.15, -0.1) is 0 Å². The topological polar surface area (TPSA) is 77.2 Å². The minimum atomic E-state index is -0.529. The third kappa shape index (κ3) is 3.88. The third-order valence-corrected chi connectivity index (χ3v) is 4.69. The zero-order chi connectivity index (χ0) is 19.7. The molecule has 0 amide bonds. The number of aromatic hydroxyl groups is 1. The van der Waals surface area contributed by atoms with Crippen molar-refractivity contribution in [3.8, 4) is 22.6 Å². The van der Waals surface area contributed by atoms with Crippen molar-refractivity contribution in [3.05, 3.63) is 67.3 Å². The summed E-state index contributed by atoms with van der Waals surface area (Å²) in [5, 5.41) is 15.2. The van der Waals surface area contributed by atoms with Gasteiger partial charge in [0.15, 0.2) is 5.75 Å². The number of benzene rings is 1. The molecule has 0 fully saturated rings. The van der Waals surface area contributed by atoms with E-state index < -0.39 is 5.56 Å². The van der Waals surface area contributed by atoms with Crippen LogP contribution >= 0.6 is 34.8 Å². The van der Waals surface area contributed by atoms with E-state index in [9.17, 15) is 9.90 Å². The highest BCUT2D eigenvalue weighted by atomic mass is 35.5. The van der Waals surface area contributed by atoms with Crippen molar-refractivity contribution in [3.63, 3.8) is 0 Å². The molecule has 0 unspecified atom stereocenters. The fraction of sp³-hybridized carbons (Fsp3) is 0.167. The number of aromatic nitrogens is 3. The molecule has 27 heavy (non-hydrogen) atoms. The zero-order valence-corrected chi connectivity index (χ0v) is 16.6. The van der Waals surface area contributed by atoms with Gasteiger partial charge in [-0.05, 0) is 36.8 Å². The van der Waals surface area contributed by atoms with Crippen molar-refractivity contribution < 1.29 is 9.84 Å². The molecule has 0 bridgehead atoms. The first-order valence-electron chi connectivity index (χ1n) is 7.78. The molecule has 0 spiro atoms. The minimum absolute atomic E-state index is 0.0275. The Kier molecular flexibility index (Phi) is 5.60. The van der Waals surface area contributed by atoms with Crippen LogP contribution in [0.3, 0.4) is 0 Å². The first kappa shape index (κ1) is 19.5. The van der Waals surface area contributed by atoms with Gasteiger partial charge in [-0.1, -0.05) is 34.8 Å². The number of aryl methyl sites for hydroxylation is 2. The quantitative estimate of drug-likeness (QED) is 0.626. The smallest absolute Gasteiger partial charge is 0.278 e. The van der Waals surface area contributed by atoms with Gasteiger partial charge in [0.1, 0.15) is 23.2 Å². The van der Waals surface area contributed by atoms with Crippen molar-refractivity contribution in [2.75, 3.05) is 0 Å². The van der Waals surface area contributed by atoms with Crippen molar-refractivity contribution in [2.24, 2.45) is 7.05 Å². The molecule has 3 aromatic rings. The predicted octanol–water partition coefficient (Wildman–Crippen LogP) is 4.40. The van der Waals surface area contributed by atoms with Gasteiger partial charge in [-0.2, -0.15) is 5.10 Å². The highest BCUT2D eigenvalue weighted by Gasteiger charge is 2.23. The lowest BCUT2D eigenvalue weighted by Gasteiger charge is -2.16. The van der Waals surface area contributed by atoms with E-state index in [4.69, 9.17) is 39.5 Å². The SMILES string of the molecule is Cc1nn(C)c(=O)c(-c2c(Cl)ccc(Cl)c2OCc2ccnc(Cl)c2)c1O. The number of ether oxygens (including phenoxy) is 1. The van der Waals surface area contributed by atoms with Crippen molar-refractivity contribution in [2.45, 2.75) is 13.5 Å². The van der Waals surface area contributed by atoms with Gasteiger partial charge in [0.25, 0.3) is 5.56 Å². The highest BCUT2D eigenvalue weighted by Crippen LogP contribution is 2.43. The van der Waals surface area contributed by atoms with Crippen molar-refractivity contribution >= 4 is 34.8 Å². The van der Waals surface area contributed by atoms with E-state index in [-0.39, 0.29) is 45.0 Å². The van der Waals surface area contributed by atoms with E-state index in [1.165, 1.54) is 13.1 Å². The summed E-state index contributed by atoms with van der Waals surface area (Å²) in [6.07, 6.45) is 1.55. The second kappa shape index (κ2) is 7.76. The van der Waals surface area contributed by atoms with E-state index in [1.807, 2.05) is 0 Å². The van der Waals surface area contributed by atoms with E-state index >= 15 is 0 Å². The highest BCUT2D eigenvalue weighted by molar-refractivity contribution is 6.37. The van der Waals surface area contributed by atoms with E-state index in [0.717, 1.165) is 10.2 Å². The molecule has 140 valence electrons. The van der Waals surface area contributed by atoms with Crippen LogP contribution < -0.4 is 10.3 Å². The Morgan fingerprint density at radius 2 is 1.85 bits per heavy atom. The molecule has 0 saturated heterocycles. The maximum absolute atomic E-state index is 12.6. The van der Waals surface area contributed by atoms with Crippen LogP contribution in [0.5, 0.6) is 11.5 Å². The Bertz CT molecular complexity index is 1080. The molecule has 1 N–H and O–H groups in total. The Balaban J connectivity index is 2.15. The van der Waals surface area contributed by atoms with Crippen LogP contribution in [-0.4, -0.2) is 19.9 Å². The number of hydrogen-bond donors (Lipinski definition) is 1. The second-order valence-corrected chi connectivity index (χ2v) is 6.95. The Morgan fingerprint density at radius 3 is 2.56 bits per heavy atom. The van der Waals surface area contributed by atoms with E-state index in [1.54, 1.807) is 31.3 Å². The van der Waals surface area contributed by atoms with Crippen LogP contribution in [-0.2, 0) is 13.7 Å². The Hall–Kier alpha value is -2.28. The fourth-order valence-corrected chi connectivity index (χ4v) is 3.23. The molecule has 0 saturated carbocycles. The molecule has 2 aromatic heterocycles. The molecule has 0 aliphatic carbocycles. The van der Waals surface area contributed by atoms with Crippen LogP contribution in [0.2, 0.25) is 15.2 Å². The summed E-state index contributed by atoms with van der Waals surface area (Å²) in [5.41, 5.74) is 0.669. The monoisotopic (exact) mass is 425 g/mol. The van der Waals surface area contributed by atoms with Crippen LogP contribution in [0, 0.1) is 6.92 Å². The minimum Gasteiger partial charge on any atom is -0.505 e. The fourth-order valence-electron chi connectivity index (χ4n) is 2.58. The van der Waals surface area contributed by atoms with Gasteiger partial charge in [0.2, 0.25) is 0 Å². The standard InChI is InChI=1S/C18H14Cl3N3O3/c1-9-16(25)15(18(26)24(2)23-9)14-11(19)3-4-12(20)17(14)27-8-10-5-6-22-13(21)7-10/h3-7,25H,8H2,1-2H3. The number of pyridine rings is 1. The van der Waals surface area contributed by atoms with E-state index in [2.05, 4.69) is 10.1 Å². The molecule has 9 heteroatoms. The number of halogens is 3. The lowest BCUT2D eigenvalue weighted by Crippen LogP contribution is -2.22. The number of hydrogen-bond acceptors (Lipinski definition) is 5. The number of rotatable bonds is 4. The average Bonchev–Trinajstić information content (AvgIpc) is 2.62. The van der Waals surface area contributed by atoms with Gasteiger partial charge in [-0.25, -0.2) is 9.67 Å². The summed E-state index contributed by atoms with van der Waals surface area (Å²) in [4.78, 5) is 16.5. The first-order chi connectivity index (χ1) is 12.8. The van der Waals surface area contributed by atoms with Crippen LogP contribution in [0.25, 0.3) is 11.1 Å². The lowest BCUT2D eigenvalue weighted by atomic mass is 10.0. The van der Waals surface area contributed by atoms with Crippen molar-refractivity contribution in [1.82, 2.24) is 14.8 Å². The Morgan fingerprint density at radius 1 is 1.15 bits per heavy atom. The summed E-state index contributed by atoms with van der Waals surface area (Å²) in [6, 6.07) is 6.46. The summed E-state index contributed by atoms with van der Waals surface area (Å²) in [5.74, 6) is -0.103. The second-order valence-electron chi connectivity index (χ2n) is 5.75. The zero-order valence-electron chi connectivity index (χ0n) is 14.3. The number of nitrogens with zero attached hydrogens (tertiary/aromatic N) is 3. The molecule has 3 rings (SSSR count). The molecular formula is C18H14Cl3N3O3. The molecule has 1 aromatic carbocycles. The van der Waals surface area contributed by atoms with Crippen LogP contribution in [0.4, 0.5) is 0 Å². The van der Waals surface area contributed by atoms with E-state index in [0.29, 0.717) is 5.15 Å². The van der Waals surface area contributed by atoms with Gasteiger partial charge in [0.05, 0.1) is 21.2 Å². The molecule has 2 heterocycles. The van der Waals surface area contributed by atoms with Crippen molar-refractivity contribution in [1.29, 1.82) is 0 Å². The normalized spacial score (nSPS) is 10.9. The molecule has 0 atom stereocenters. The van der Waals surface area contributed by atoms with Crippen LogP contribution in [0.15, 0.2) is 35.3 Å². The van der Waals surface area contributed by atoms with Gasteiger partial charge in [0, 0.05) is 13.2 Å². The third-order valence-electron chi connectivity index (χ3n) is 3.87. The van der Waals surface area contributed by atoms with Gasteiger partial charge >= 0.3 is 0 Å². The maximum Gasteiger partial charge on any atom is 0.278 e. The predicted molar refractivity (Wildman–Crippen MR) is 105 cm³/mol. The molecule has 6 nitrogen and oxygen atoms in total.